The fraction of sp³-hybridized carbons (Fsp3) is 0.294. The summed E-state index contributed by atoms with van der Waals surface area (Å²) in [5.74, 6) is -0.154. The third-order valence-electron chi connectivity index (χ3n) is 3.83. The van der Waals surface area contributed by atoms with E-state index in [2.05, 4.69) is 50.4 Å². The Bertz CT molecular complexity index is 603. The summed E-state index contributed by atoms with van der Waals surface area (Å²) in [6, 6.07) is 15.9. The minimum Gasteiger partial charge on any atom is -0.366 e. The predicted molar refractivity (Wildman–Crippen MR) is 88.2 cm³/mol. The fourth-order valence-corrected chi connectivity index (χ4v) is 3.16. The van der Waals surface area contributed by atoms with E-state index in [0.29, 0.717) is 11.7 Å². The van der Waals surface area contributed by atoms with E-state index in [0.717, 1.165) is 30.5 Å². The third-order valence-corrected chi connectivity index (χ3v) is 4.32. The van der Waals surface area contributed by atoms with Crippen LogP contribution in [0.2, 0.25) is 0 Å². The summed E-state index contributed by atoms with van der Waals surface area (Å²) < 4.78 is 14.9. The highest BCUT2D eigenvalue weighted by Crippen LogP contribution is 2.25. The van der Waals surface area contributed by atoms with Gasteiger partial charge in [0.15, 0.2) is 0 Å². The van der Waals surface area contributed by atoms with Crippen molar-refractivity contribution in [3.8, 4) is 0 Å². The van der Waals surface area contributed by atoms with E-state index in [1.54, 1.807) is 6.07 Å². The molecule has 0 aliphatic carbocycles. The highest BCUT2D eigenvalue weighted by molar-refractivity contribution is 9.10. The van der Waals surface area contributed by atoms with Crippen LogP contribution >= 0.6 is 15.9 Å². The Kier molecular flexibility index (Phi) is 4.56. The van der Waals surface area contributed by atoms with E-state index < -0.39 is 0 Å². The largest absolute Gasteiger partial charge is 0.366 e. The van der Waals surface area contributed by atoms with Crippen molar-refractivity contribution in [2.24, 2.45) is 0 Å². The molecule has 1 aliphatic rings. The van der Waals surface area contributed by atoms with Crippen LogP contribution in [0.4, 0.5) is 10.1 Å². The van der Waals surface area contributed by atoms with Crippen molar-refractivity contribution in [2.45, 2.75) is 12.5 Å². The standard InChI is InChI=1S/C17H18BrFN2/c18-14-6-7-16(19)17(11-14)21-9-8-20-15(12-21)10-13-4-2-1-3-5-13/h1-7,11,15,20H,8-10,12H2. The molecule has 2 nitrogen and oxygen atoms in total. The molecular weight excluding hydrogens is 331 g/mol. The van der Waals surface area contributed by atoms with Crippen LogP contribution in [0.3, 0.4) is 0 Å². The molecule has 1 unspecified atom stereocenters. The molecule has 2 aromatic carbocycles. The van der Waals surface area contributed by atoms with Crippen molar-refractivity contribution in [2.75, 3.05) is 24.5 Å². The molecule has 1 atom stereocenters. The zero-order valence-corrected chi connectivity index (χ0v) is 13.3. The molecule has 0 aromatic heterocycles. The minimum atomic E-state index is -0.154. The SMILES string of the molecule is Fc1ccc(Br)cc1N1CCNC(Cc2ccccc2)C1. The van der Waals surface area contributed by atoms with Gasteiger partial charge in [-0.1, -0.05) is 46.3 Å². The summed E-state index contributed by atoms with van der Waals surface area (Å²) in [6.07, 6.45) is 0.965. The molecule has 0 bridgehead atoms. The summed E-state index contributed by atoms with van der Waals surface area (Å²) in [6.45, 7) is 2.53. The maximum absolute atomic E-state index is 14.0. The maximum atomic E-state index is 14.0. The molecule has 0 radical (unpaired) electrons. The molecule has 0 amide bonds. The van der Waals surface area contributed by atoms with E-state index in [9.17, 15) is 4.39 Å². The molecule has 0 saturated carbocycles. The quantitative estimate of drug-likeness (QED) is 0.911. The van der Waals surface area contributed by atoms with Crippen molar-refractivity contribution in [1.82, 2.24) is 5.32 Å². The average molecular weight is 349 g/mol. The second-order valence-electron chi connectivity index (χ2n) is 5.38. The van der Waals surface area contributed by atoms with Crippen molar-refractivity contribution in [1.29, 1.82) is 0 Å². The Balaban J connectivity index is 1.72. The smallest absolute Gasteiger partial charge is 0.146 e. The number of nitrogens with zero attached hydrogens (tertiary/aromatic N) is 1. The van der Waals surface area contributed by atoms with Gasteiger partial charge in [0, 0.05) is 30.1 Å². The van der Waals surface area contributed by atoms with Gasteiger partial charge in [0.25, 0.3) is 0 Å². The zero-order chi connectivity index (χ0) is 14.7. The Morgan fingerprint density at radius 1 is 1.19 bits per heavy atom. The number of anilines is 1. The van der Waals surface area contributed by atoms with E-state index in [1.807, 2.05) is 12.1 Å². The number of nitrogens with one attached hydrogen (secondary N) is 1. The van der Waals surface area contributed by atoms with Crippen LogP contribution in [-0.2, 0) is 6.42 Å². The van der Waals surface area contributed by atoms with Gasteiger partial charge in [-0.25, -0.2) is 4.39 Å². The van der Waals surface area contributed by atoms with Crippen molar-refractivity contribution in [3.63, 3.8) is 0 Å². The summed E-state index contributed by atoms with van der Waals surface area (Å²) >= 11 is 3.42. The minimum absolute atomic E-state index is 0.154. The second-order valence-corrected chi connectivity index (χ2v) is 6.30. The van der Waals surface area contributed by atoms with Gasteiger partial charge in [0.2, 0.25) is 0 Å². The fourth-order valence-electron chi connectivity index (χ4n) is 2.81. The lowest BCUT2D eigenvalue weighted by atomic mass is 10.0. The molecule has 110 valence electrons. The van der Waals surface area contributed by atoms with Gasteiger partial charge >= 0.3 is 0 Å². The van der Waals surface area contributed by atoms with Gasteiger partial charge in [-0.2, -0.15) is 0 Å². The number of halogens is 2. The molecule has 1 N–H and O–H groups in total. The van der Waals surface area contributed by atoms with E-state index in [1.165, 1.54) is 11.6 Å². The molecule has 0 spiro atoms. The Morgan fingerprint density at radius 3 is 2.81 bits per heavy atom. The molecule has 1 aliphatic heterocycles. The number of hydrogen-bond acceptors (Lipinski definition) is 2. The molecule has 4 heteroatoms. The van der Waals surface area contributed by atoms with E-state index >= 15 is 0 Å². The number of benzene rings is 2. The Labute approximate surface area is 133 Å². The lowest BCUT2D eigenvalue weighted by Gasteiger charge is -2.35. The molecule has 1 fully saturated rings. The first-order valence-corrected chi connectivity index (χ1v) is 7.99. The molecule has 3 rings (SSSR count). The number of hydrogen-bond donors (Lipinski definition) is 1. The summed E-state index contributed by atoms with van der Waals surface area (Å²) in [5.41, 5.74) is 2.00. The third kappa shape index (κ3) is 3.63. The van der Waals surface area contributed by atoms with Crippen LogP contribution in [0.5, 0.6) is 0 Å². The van der Waals surface area contributed by atoms with Crippen LogP contribution in [0.15, 0.2) is 53.0 Å². The van der Waals surface area contributed by atoms with Crippen molar-refractivity contribution in [3.05, 3.63) is 64.4 Å². The van der Waals surface area contributed by atoms with Crippen LogP contribution in [-0.4, -0.2) is 25.7 Å². The van der Waals surface area contributed by atoms with Crippen molar-refractivity contribution >= 4 is 21.6 Å². The number of piperazine rings is 1. The molecule has 21 heavy (non-hydrogen) atoms. The van der Waals surface area contributed by atoms with Crippen molar-refractivity contribution < 1.29 is 4.39 Å². The normalized spacial score (nSPS) is 18.8. The van der Waals surface area contributed by atoms with Gasteiger partial charge in [-0.15, -0.1) is 0 Å². The first kappa shape index (κ1) is 14.5. The molecule has 1 heterocycles. The van der Waals surface area contributed by atoms with Gasteiger partial charge < -0.3 is 10.2 Å². The van der Waals surface area contributed by atoms with Crippen LogP contribution in [0.25, 0.3) is 0 Å². The Morgan fingerprint density at radius 2 is 2.00 bits per heavy atom. The van der Waals surface area contributed by atoms with Crippen LogP contribution < -0.4 is 10.2 Å². The highest BCUT2D eigenvalue weighted by atomic mass is 79.9. The maximum Gasteiger partial charge on any atom is 0.146 e. The monoisotopic (exact) mass is 348 g/mol. The molecule has 1 saturated heterocycles. The Hall–Kier alpha value is -1.39. The lowest BCUT2D eigenvalue weighted by molar-refractivity contribution is 0.450. The van der Waals surface area contributed by atoms with Gasteiger partial charge in [-0.3, -0.25) is 0 Å². The second kappa shape index (κ2) is 6.58. The number of rotatable bonds is 3. The highest BCUT2D eigenvalue weighted by Gasteiger charge is 2.21. The first-order chi connectivity index (χ1) is 10.2. The van der Waals surface area contributed by atoms with Gasteiger partial charge in [0.1, 0.15) is 5.82 Å². The van der Waals surface area contributed by atoms with E-state index in [-0.39, 0.29) is 5.82 Å². The van der Waals surface area contributed by atoms with Crippen LogP contribution in [0, 0.1) is 5.82 Å². The summed E-state index contributed by atoms with van der Waals surface area (Å²) in [4.78, 5) is 2.13. The lowest BCUT2D eigenvalue weighted by Crippen LogP contribution is -2.51. The molecule has 2 aromatic rings. The van der Waals surface area contributed by atoms with Crippen LogP contribution in [0.1, 0.15) is 5.56 Å². The predicted octanol–water partition coefficient (Wildman–Crippen LogP) is 3.61. The average Bonchev–Trinajstić information content (AvgIpc) is 2.51. The van der Waals surface area contributed by atoms with Gasteiger partial charge in [-0.05, 0) is 30.2 Å². The zero-order valence-electron chi connectivity index (χ0n) is 11.7. The summed E-state index contributed by atoms with van der Waals surface area (Å²) in [5, 5.41) is 3.53. The van der Waals surface area contributed by atoms with Gasteiger partial charge in [0.05, 0.1) is 5.69 Å². The summed E-state index contributed by atoms with van der Waals surface area (Å²) in [7, 11) is 0. The topological polar surface area (TPSA) is 15.3 Å². The molecular formula is C17H18BrFN2. The van der Waals surface area contributed by atoms with E-state index in [4.69, 9.17) is 0 Å². The first-order valence-electron chi connectivity index (χ1n) is 7.20.